The lowest BCUT2D eigenvalue weighted by molar-refractivity contribution is 0.0933. The number of thioether (sulfide) groups is 1. The van der Waals surface area contributed by atoms with Crippen LogP contribution in [0.5, 0.6) is 0 Å². The third-order valence-electron chi connectivity index (χ3n) is 1.61. The Balaban J connectivity index is 2.77. The Morgan fingerprint density at radius 3 is 3.08 bits per heavy atom. The van der Waals surface area contributed by atoms with Gasteiger partial charge >= 0.3 is 5.69 Å². The SMILES string of the molecule is Cc1cc2n(c(=O)n1)C(=O)CS2. The number of hydrogen-bond donors (Lipinski definition) is 0. The van der Waals surface area contributed by atoms with E-state index >= 15 is 0 Å². The first kappa shape index (κ1) is 7.54. The van der Waals surface area contributed by atoms with Crippen molar-refractivity contribution in [2.75, 3.05) is 5.75 Å². The maximum Gasteiger partial charge on any atom is 0.355 e. The second-order valence-corrected chi connectivity index (χ2v) is 3.53. The molecule has 0 atom stereocenters. The fraction of sp³-hybridized carbons (Fsp3) is 0.286. The lowest BCUT2D eigenvalue weighted by atomic mass is 10.4. The largest absolute Gasteiger partial charge is 0.355 e. The van der Waals surface area contributed by atoms with Gasteiger partial charge in [0.05, 0.1) is 10.8 Å². The molecule has 0 unspecified atom stereocenters. The predicted octanol–water partition coefficient (Wildman–Crippen LogP) is 0.298. The zero-order valence-corrected chi connectivity index (χ0v) is 7.22. The monoisotopic (exact) mass is 182 g/mol. The highest BCUT2D eigenvalue weighted by Gasteiger charge is 2.21. The van der Waals surface area contributed by atoms with Crippen LogP contribution in [0, 0.1) is 6.92 Å². The van der Waals surface area contributed by atoms with E-state index in [0.29, 0.717) is 16.5 Å². The van der Waals surface area contributed by atoms with Crippen molar-refractivity contribution in [1.82, 2.24) is 9.55 Å². The number of carbonyl (C=O) groups is 1. The summed E-state index contributed by atoms with van der Waals surface area (Å²) < 4.78 is 1.12. The van der Waals surface area contributed by atoms with Gasteiger partial charge in [0.25, 0.3) is 0 Å². The molecule has 2 rings (SSSR count). The Kier molecular flexibility index (Phi) is 1.54. The molecule has 2 heterocycles. The van der Waals surface area contributed by atoms with Crippen LogP contribution in [-0.2, 0) is 0 Å². The molecule has 1 aliphatic rings. The molecule has 0 aromatic carbocycles. The summed E-state index contributed by atoms with van der Waals surface area (Å²) in [6, 6.07) is 1.75. The normalized spacial score (nSPS) is 14.9. The zero-order valence-electron chi connectivity index (χ0n) is 6.40. The van der Waals surface area contributed by atoms with Crippen LogP contribution in [0.15, 0.2) is 15.9 Å². The van der Waals surface area contributed by atoms with Crippen LogP contribution in [0.4, 0.5) is 0 Å². The maximum absolute atomic E-state index is 11.2. The van der Waals surface area contributed by atoms with E-state index in [1.165, 1.54) is 11.8 Å². The Labute approximate surface area is 72.6 Å². The van der Waals surface area contributed by atoms with E-state index in [9.17, 15) is 9.59 Å². The van der Waals surface area contributed by atoms with Crippen molar-refractivity contribution in [3.05, 3.63) is 22.2 Å². The minimum Gasteiger partial charge on any atom is -0.273 e. The summed E-state index contributed by atoms with van der Waals surface area (Å²) in [4.78, 5) is 25.9. The van der Waals surface area contributed by atoms with Crippen LogP contribution in [-0.4, -0.2) is 21.2 Å². The van der Waals surface area contributed by atoms with Gasteiger partial charge in [-0.25, -0.2) is 9.36 Å². The molecule has 1 aromatic rings. The third kappa shape index (κ3) is 0.972. The van der Waals surface area contributed by atoms with E-state index in [1.807, 2.05) is 0 Å². The number of fused-ring (bicyclic) bond motifs is 1. The number of rotatable bonds is 0. The molecular formula is C7H6N2O2S. The number of aryl methyl sites for hydroxylation is 1. The van der Waals surface area contributed by atoms with Gasteiger partial charge in [0.2, 0.25) is 5.91 Å². The Bertz CT molecular complexity index is 410. The Morgan fingerprint density at radius 2 is 2.33 bits per heavy atom. The third-order valence-corrected chi connectivity index (χ3v) is 2.60. The lowest BCUT2D eigenvalue weighted by Crippen LogP contribution is -2.27. The van der Waals surface area contributed by atoms with E-state index in [4.69, 9.17) is 0 Å². The smallest absolute Gasteiger partial charge is 0.273 e. The molecule has 1 aromatic heterocycles. The van der Waals surface area contributed by atoms with Crippen LogP contribution < -0.4 is 5.69 Å². The molecule has 62 valence electrons. The van der Waals surface area contributed by atoms with E-state index in [0.717, 1.165) is 4.57 Å². The first-order chi connectivity index (χ1) is 5.68. The summed E-state index contributed by atoms with van der Waals surface area (Å²) in [5.41, 5.74) is 0.202. The van der Waals surface area contributed by atoms with Gasteiger partial charge in [0.15, 0.2) is 0 Å². The lowest BCUT2D eigenvalue weighted by Gasteiger charge is -1.98. The molecule has 0 saturated heterocycles. The second kappa shape index (κ2) is 2.45. The van der Waals surface area contributed by atoms with E-state index in [2.05, 4.69) is 4.98 Å². The number of aromatic nitrogens is 2. The van der Waals surface area contributed by atoms with Crippen molar-refractivity contribution in [3.63, 3.8) is 0 Å². The molecule has 0 fully saturated rings. The fourth-order valence-corrected chi connectivity index (χ4v) is 2.07. The standard InChI is InChI=1S/C7H6N2O2S/c1-4-2-6-9(7(11)8-4)5(10)3-12-6/h2H,3H2,1H3. The Morgan fingerprint density at radius 1 is 1.58 bits per heavy atom. The van der Waals surface area contributed by atoms with Gasteiger partial charge in [-0.05, 0) is 13.0 Å². The van der Waals surface area contributed by atoms with Crippen LogP contribution in [0.3, 0.4) is 0 Å². The number of nitrogens with zero attached hydrogens (tertiary/aromatic N) is 2. The summed E-state index contributed by atoms with van der Waals surface area (Å²) in [6.45, 7) is 1.74. The summed E-state index contributed by atoms with van der Waals surface area (Å²) in [5.74, 6) is 0.174. The number of carbonyl (C=O) groups excluding carboxylic acids is 1. The highest BCUT2D eigenvalue weighted by Crippen LogP contribution is 2.22. The fourth-order valence-electron chi connectivity index (χ4n) is 1.11. The molecule has 5 heteroatoms. The highest BCUT2D eigenvalue weighted by molar-refractivity contribution is 8.00. The van der Waals surface area contributed by atoms with Crippen molar-refractivity contribution in [1.29, 1.82) is 0 Å². The highest BCUT2D eigenvalue weighted by atomic mass is 32.2. The minimum absolute atomic E-state index is 0.174. The Hall–Kier alpha value is -1.10. The topological polar surface area (TPSA) is 52.0 Å². The summed E-state index contributed by atoms with van der Waals surface area (Å²) >= 11 is 1.38. The summed E-state index contributed by atoms with van der Waals surface area (Å²) in [7, 11) is 0. The average Bonchev–Trinajstić information content (AvgIpc) is 2.31. The van der Waals surface area contributed by atoms with Crippen molar-refractivity contribution in [3.8, 4) is 0 Å². The van der Waals surface area contributed by atoms with Gasteiger partial charge in [-0.15, -0.1) is 0 Å². The van der Waals surface area contributed by atoms with Crippen LogP contribution >= 0.6 is 11.8 Å². The van der Waals surface area contributed by atoms with Gasteiger partial charge < -0.3 is 0 Å². The maximum atomic E-state index is 11.2. The van der Waals surface area contributed by atoms with Crippen LogP contribution in [0.2, 0.25) is 0 Å². The van der Waals surface area contributed by atoms with Crippen LogP contribution in [0.1, 0.15) is 10.5 Å². The van der Waals surface area contributed by atoms with Gasteiger partial charge in [-0.3, -0.25) is 4.79 Å². The van der Waals surface area contributed by atoms with Gasteiger partial charge in [0.1, 0.15) is 0 Å². The first-order valence-electron chi connectivity index (χ1n) is 3.45. The molecule has 1 aliphatic heterocycles. The second-order valence-electron chi connectivity index (χ2n) is 2.54. The number of hydrogen-bond acceptors (Lipinski definition) is 4. The predicted molar refractivity (Wildman–Crippen MR) is 44.6 cm³/mol. The molecule has 0 spiro atoms. The quantitative estimate of drug-likeness (QED) is 0.541. The summed E-state index contributed by atoms with van der Waals surface area (Å²) in [5, 5.41) is 0.706. The van der Waals surface area contributed by atoms with Gasteiger partial charge in [-0.1, -0.05) is 11.8 Å². The molecule has 12 heavy (non-hydrogen) atoms. The molecular weight excluding hydrogens is 176 g/mol. The van der Waals surface area contributed by atoms with E-state index < -0.39 is 5.69 Å². The van der Waals surface area contributed by atoms with Crippen molar-refractivity contribution >= 4 is 17.7 Å². The van der Waals surface area contributed by atoms with Crippen LogP contribution in [0.25, 0.3) is 0 Å². The first-order valence-corrected chi connectivity index (χ1v) is 4.44. The molecule has 0 bridgehead atoms. The average molecular weight is 182 g/mol. The van der Waals surface area contributed by atoms with Gasteiger partial charge in [0, 0.05) is 5.69 Å². The minimum atomic E-state index is -0.458. The van der Waals surface area contributed by atoms with E-state index in [-0.39, 0.29) is 5.91 Å². The molecule has 0 amide bonds. The molecule has 0 aliphatic carbocycles. The van der Waals surface area contributed by atoms with E-state index in [1.54, 1.807) is 13.0 Å². The van der Waals surface area contributed by atoms with Crippen molar-refractivity contribution < 1.29 is 4.79 Å². The van der Waals surface area contributed by atoms with Gasteiger partial charge in [-0.2, -0.15) is 4.98 Å². The molecule has 0 saturated carbocycles. The summed E-state index contributed by atoms with van der Waals surface area (Å²) in [6.07, 6.45) is 0. The molecule has 0 radical (unpaired) electrons. The van der Waals surface area contributed by atoms with Crippen molar-refractivity contribution in [2.45, 2.75) is 11.9 Å². The zero-order chi connectivity index (χ0) is 8.72. The molecule has 0 N–H and O–H groups in total. The van der Waals surface area contributed by atoms with Crippen molar-refractivity contribution in [2.24, 2.45) is 0 Å². The molecule has 4 nitrogen and oxygen atoms in total.